The number of carboxylic acid groups (broad SMARTS) is 1. The lowest BCUT2D eigenvalue weighted by Crippen LogP contribution is -2.24. The summed E-state index contributed by atoms with van der Waals surface area (Å²) in [5.41, 5.74) is -0.263. The number of aromatic carboxylic acids is 1. The molecule has 2 aromatic carbocycles. The van der Waals surface area contributed by atoms with Gasteiger partial charge in [-0.2, -0.15) is 0 Å². The Labute approximate surface area is 156 Å². The number of hydrogen-bond acceptors (Lipinski definition) is 6. The average molecular weight is 414 g/mol. The van der Waals surface area contributed by atoms with E-state index in [0.717, 1.165) is 18.2 Å². The molecule has 146 valence electrons. The first-order valence-electron chi connectivity index (χ1n) is 7.75. The molecule has 27 heavy (non-hydrogen) atoms. The normalized spacial score (nSPS) is 11.9. The van der Waals surface area contributed by atoms with E-state index in [0.29, 0.717) is 6.42 Å². The second kappa shape index (κ2) is 7.94. The number of benzene rings is 2. The molecule has 9 nitrogen and oxygen atoms in total. The summed E-state index contributed by atoms with van der Waals surface area (Å²) in [6, 6.07) is 7.80. The monoisotopic (exact) mass is 414 g/mol. The molecule has 11 heteroatoms. The second-order valence-corrected chi connectivity index (χ2v) is 8.93. The van der Waals surface area contributed by atoms with E-state index in [-0.39, 0.29) is 22.7 Å². The minimum absolute atomic E-state index is 0.0328. The van der Waals surface area contributed by atoms with Crippen molar-refractivity contribution in [2.75, 3.05) is 11.3 Å². The SMILES string of the molecule is CCCNS(=O)(=O)c1ccc(NS(=O)(=O)c2cc(C(=O)O)ccc2O)cc1. The van der Waals surface area contributed by atoms with Gasteiger partial charge in [0.2, 0.25) is 10.0 Å². The lowest BCUT2D eigenvalue weighted by atomic mass is 10.2. The van der Waals surface area contributed by atoms with Crippen LogP contribution in [0.2, 0.25) is 0 Å². The van der Waals surface area contributed by atoms with Crippen molar-refractivity contribution in [1.29, 1.82) is 0 Å². The molecule has 0 aromatic heterocycles. The lowest BCUT2D eigenvalue weighted by Gasteiger charge is -2.11. The number of hydrogen-bond donors (Lipinski definition) is 4. The summed E-state index contributed by atoms with van der Waals surface area (Å²) in [6.45, 7) is 2.09. The standard InChI is InChI=1S/C16H18N2O7S2/c1-2-9-17-26(22,23)13-6-4-12(5-7-13)18-27(24,25)15-10-11(16(20)21)3-8-14(15)19/h3-8,10,17-19H,2,9H2,1H3,(H,20,21). The molecule has 0 atom stereocenters. The van der Waals surface area contributed by atoms with Crippen LogP contribution in [-0.4, -0.2) is 39.6 Å². The molecule has 2 aromatic rings. The van der Waals surface area contributed by atoms with Crippen molar-refractivity contribution in [1.82, 2.24) is 4.72 Å². The van der Waals surface area contributed by atoms with E-state index in [1.807, 2.05) is 6.92 Å². The van der Waals surface area contributed by atoms with Crippen molar-refractivity contribution in [2.24, 2.45) is 0 Å². The van der Waals surface area contributed by atoms with Gasteiger partial charge in [0.1, 0.15) is 10.6 Å². The number of anilines is 1. The zero-order chi connectivity index (χ0) is 20.2. The third-order valence-corrected chi connectivity index (χ3v) is 6.34. The van der Waals surface area contributed by atoms with Gasteiger partial charge >= 0.3 is 5.97 Å². The number of sulfonamides is 2. The Morgan fingerprint density at radius 3 is 2.19 bits per heavy atom. The van der Waals surface area contributed by atoms with Gasteiger partial charge < -0.3 is 10.2 Å². The predicted molar refractivity (Wildman–Crippen MR) is 97.8 cm³/mol. The van der Waals surface area contributed by atoms with Crippen LogP contribution < -0.4 is 9.44 Å². The lowest BCUT2D eigenvalue weighted by molar-refractivity contribution is 0.0696. The van der Waals surface area contributed by atoms with E-state index in [1.54, 1.807) is 0 Å². The molecule has 0 saturated carbocycles. The highest BCUT2D eigenvalue weighted by Gasteiger charge is 2.21. The molecule has 0 aliphatic heterocycles. The molecule has 0 heterocycles. The van der Waals surface area contributed by atoms with Crippen molar-refractivity contribution in [3.8, 4) is 5.75 Å². The summed E-state index contributed by atoms with van der Waals surface area (Å²) < 4.78 is 53.4. The van der Waals surface area contributed by atoms with E-state index < -0.39 is 36.7 Å². The topological polar surface area (TPSA) is 150 Å². The fourth-order valence-electron chi connectivity index (χ4n) is 2.09. The van der Waals surface area contributed by atoms with E-state index in [4.69, 9.17) is 5.11 Å². The molecule has 0 saturated heterocycles. The fourth-order valence-corrected chi connectivity index (χ4v) is 4.41. The summed E-state index contributed by atoms with van der Waals surface area (Å²) in [4.78, 5) is 10.4. The molecular weight excluding hydrogens is 396 g/mol. The maximum atomic E-state index is 12.4. The van der Waals surface area contributed by atoms with Crippen LogP contribution in [0.4, 0.5) is 5.69 Å². The van der Waals surface area contributed by atoms with Gasteiger partial charge in [-0.25, -0.2) is 26.4 Å². The van der Waals surface area contributed by atoms with E-state index >= 15 is 0 Å². The zero-order valence-electron chi connectivity index (χ0n) is 14.2. The average Bonchev–Trinajstić information content (AvgIpc) is 2.60. The molecule has 0 radical (unpaired) electrons. The maximum Gasteiger partial charge on any atom is 0.335 e. The van der Waals surface area contributed by atoms with Crippen LogP contribution in [0.25, 0.3) is 0 Å². The van der Waals surface area contributed by atoms with Gasteiger partial charge in [-0.1, -0.05) is 6.92 Å². The molecular formula is C16H18N2O7S2. The third-order valence-electron chi connectivity index (χ3n) is 3.46. The Morgan fingerprint density at radius 1 is 1.00 bits per heavy atom. The van der Waals surface area contributed by atoms with Gasteiger partial charge in [0.15, 0.2) is 0 Å². The predicted octanol–water partition coefficient (Wildman–Crippen LogP) is 1.58. The molecule has 0 aliphatic rings. The largest absolute Gasteiger partial charge is 0.507 e. The third kappa shape index (κ3) is 4.96. The highest BCUT2D eigenvalue weighted by molar-refractivity contribution is 7.92. The van der Waals surface area contributed by atoms with Crippen LogP contribution >= 0.6 is 0 Å². The Kier molecular flexibility index (Phi) is 6.08. The van der Waals surface area contributed by atoms with Gasteiger partial charge in [0.05, 0.1) is 10.5 Å². The van der Waals surface area contributed by atoms with E-state index in [9.17, 15) is 26.7 Å². The highest BCUT2D eigenvalue weighted by atomic mass is 32.2. The van der Waals surface area contributed by atoms with Gasteiger partial charge in [-0.05, 0) is 48.9 Å². The maximum absolute atomic E-state index is 12.4. The van der Waals surface area contributed by atoms with Gasteiger partial charge in [-0.3, -0.25) is 4.72 Å². The molecule has 0 unspecified atom stereocenters. The summed E-state index contributed by atoms with van der Waals surface area (Å²) in [7, 11) is -7.98. The van der Waals surface area contributed by atoms with Crippen LogP contribution in [0.1, 0.15) is 23.7 Å². The van der Waals surface area contributed by atoms with Crippen molar-refractivity contribution in [3.63, 3.8) is 0 Å². The number of nitrogens with one attached hydrogen (secondary N) is 2. The van der Waals surface area contributed by atoms with Crippen molar-refractivity contribution in [2.45, 2.75) is 23.1 Å². The van der Waals surface area contributed by atoms with E-state index in [2.05, 4.69) is 9.44 Å². The van der Waals surface area contributed by atoms with Crippen molar-refractivity contribution in [3.05, 3.63) is 48.0 Å². The molecule has 0 bridgehead atoms. The molecule has 0 fully saturated rings. The van der Waals surface area contributed by atoms with Crippen molar-refractivity contribution < 1.29 is 31.8 Å². The van der Waals surface area contributed by atoms with Crippen molar-refractivity contribution >= 4 is 31.7 Å². The fraction of sp³-hybridized carbons (Fsp3) is 0.188. The first kappa shape index (κ1) is 20.7. The minimum atomic E-state index is -4.29. The summed E-state index contributed by atoms with van der Waals surface area (Å²) in [5.74, 6) is -1.96. The quantitative estimate of drug-likeness (QED) is 0.512. The Bertz CT molecular complexity index is 1050. The summed E-state index contributed by atoms with van der Waals surface area (Å²) in [5, 5.41) is 18.7. The smallest absolute Gasteiger partial charge is 0.335 e. The van der Waals surface area contributed by atoms with Crippen LogP contribution in [0, 0.1) is 0 Å². The van der Waals surface area contributed by atoms with Crippen LogP contribution in [0.15, 0.2) is 52.3 Å². The van der Waals surface area contributed by atoms with Gasteiger partial charge in [-0.15, -0.1) is 0 Å². The molecule has 0 aliphatic carbocycles. The van der Waals surface area contributed by atoms with Gasteiger partial charge in [0.25, 0.3) is 10.0 Å². The van der Waals surface area contributed by atoms with Crippen LogP contribution in [0.5, 0.6) is 5.75 Å². The first-order valence-corrected chi connectivity index (χ1v) is 10.7. The number of carbonyl (C=O) groups is 1. The molecule has 0 amide bonds. The molecule has 2 rings (SSSR count). The van der Waals surface area contributed by atoms with E-state index in [1.165, 1.54) is 24.3 Å². The summed E-state index contributed by atoms with van der Waals surface area (Å²) in [6.07, 6.45) is 0.621. The number of phenolic OH excluding ortho intramolecular Hbond substituents is 1. The first-order chi connectivity index (χ1) is 12.6. The molecule has 0 spiro atoms. The summed E-state index contributed by atoms with van der Waals surface area (Å²) >= 11 is 0. The minimum Gasteiger partial charge on any atom is -0.507 e. The Balaban J connectivity index is 2.29. The van der Waals surface area contributed by atoms with Gasteiger partial charge in [0, 0.05) is 12.2 Å². The van der Waals surface area contributed by atoms with Crippen LogP contribution in [0.3, 0.4) is 0 Å². The Morgan fingerprint density at radius 2 is 1.63 bits per heavy atom. The number of phenols is 1. The molecule has 4 N–H and O–H groups in total. The van der Waals surface area contributed by atoms with Crippen LogP contribution in [-0.2, 0) is 20.0 Å². The Hall–Kier alpha value is -2.63. The highest BCUT2D eigenvalue weighted by Crippen LogP contribution is 2.26. The number of carboxylic acids is 1. The zero-order valence-corrected chi connectivity index (χ0v) is 15.8. The number of aromatic hydroxyl groups is 1. The second-order valence-electron chi connectivity index (χ2n) is 5.52. The number of rotatable bonds is 8.